The summed E-state index contributed by atoms with van der Waals surface area (Å²) in [6, 6.07) is 16.4. The van der Waals surface area contributed by atoms with Crippen molar-refractivity contribution in [3.8, 4) is 5.75 Å². The zero-order valence-corrected chi connectivity index (χ0v) is 76.5. The molecular weight excluding hydrogens is 1710 g/mol. The predicted molar refractivity (Wildman–Crippen MR) is 481 cm³/mol. The lowest BCUT2D eigenvalue weighted by Crippen LogP contribution is -2.65. The number of amides is 12. The normalized spacial score (nSPS) is 29.7. The molecule has 2 bridgehead atoms. The lowest BCUT2D eigenvalue weighted by molar-refractivity contribution is -0.158. The standard InChI is InChI=1S/C95H118N14O19S2/c1-10-65-87(119)106-40-19-25-66(106)88(120)103(8)70(45-58-32-28-54(3)29-33-58)91(123)109-50-64(53-130-75-51-105-42-36-60(75)37-43-105)74(112)48-69(109)83(115)100-79(61-21-14-12-15-22-61)92(124)127-56(5)77(84(116)97-65)98-76(113)38-44-129-52-63-49-108-68(47-73(63)111)82(114)101-80(62-23-16-13-17-24-62)93(125)128-57(6)78(99-85(117)81-72(110)27-18-39-96-81)86(118)102-95(7,11-2)94(126)107-41-20-26-67(107)89(121)104(9)71(90(108)122)46-59-34-30-55(4)31-35-59/h12-18,21-24,27-35,39,56-57,60,63-71,75,77-80,110H,10-11,19-20,25-26,36-38,40-53H2,1-9H3,(H,97,116)(H,98,113)(H,99,117)(H,100,115)(H,101,114)(H,102,118)/t56-,57-,63?,64+,65?,66+,67+,68+,69+,70+,71+,75?,77+,78+,79+,80+,95?/m1/s1. The van der Waals surface area contributed by atoms with Gasteiger partial charge in [-0.3, -0.25) is 67.1 Å². The van der Waals surface area contributed by atoms with Gasteiger partial charge in [0.25, 0.3) is 5.91 Å². The molecule has 5 aromatic rings. The highest BCUT2D eigenvalue weighted by atomic mass is 32.2. The molecule has 130 heavy (non-hydrogen) atoms. The summed E-state index contributed by atoms with van der Waals surface area (Å²) in [6.45, 7) is 13.5. The molecule has 694 valence electrons. The van der Waals surface area contributed by atoms with E-state index in [4.69, 9.17) is 9.47 Å². The Morgan fingerprint density at radius 2 is 1.03 bits per heavy atom. The Morgan fingerprint density at radius 1 is 0.538 bits per heavy atom. The topological polar surface area (TPSA) is 420 Å². The van der Waals surface area contributed by atoms with Gasteiger partial charge in [-0.15, -0.1) is 0 Å². The highest BCUT2D eigenvalue weighted by molar-refractivity contribution is 8.00. The van der Waals surface area contributed by atoms with Crippen molar-refractivity contribution in [3.63, 3.8) is 0 Å². The van der Waals surface area contributed by atoms with E-state index in [9.17, 15) is 24.3 Å². The first-order chi connectivity index (χ1) is 62.2. The van der Waals surface area contributed by atoms with E-state index in [2.05, 4.69) is 41.8 Å². The summed E-state index contributed by atoms with van der Waals surface area (Å²) in [5.74, 6) is -14.5. The number of aryl methyl sites for hydroxylation is 2. The number of fused-ring (bicyclic) bond motifs is 7. The molecule has 4 aromatic carbocycles. The number of ketones is 2. The second kappa shape index (κ2) is 42.5. The van der Waals surface area contributed by atoms with Gasteiger partial charge in [-0.05, 0) is 139 Å². The number of benzene rings is 4. The van der Waals surface area contributed by atoms with Crippen LogP contribution in [0.25, 0.3) is 0 Å². The van der Waals surface area contributed by atoms with Crippen LogP contribution in [-0.2, 0) is 94.2 Å². The van der Waals surface area contributed by atoms with E-state index >= 15 is 57.5 Å². The largest absolute Gasteiger partial charge is 0.505 e. The number of ether oxygens (including phenoxy) is 2. The van der Waals surface area contributed by atoms with Crippen molar-refractivity contribution in [1.29, 1.82) is 0 Å². The number of esters is 2. The molecule has 0 radical (unpaired) electrons. The second-order valence-corrected chi connectivity index (χ2v) is 38.2. The Morgan fingerprint density at radius 3 is 1.52 bits per heavy atom. The fraction of sp³-hybridized carbons (Fsp3) is 0.526. The van der Waals surface area contributed by atoms with E-state index in [0.717, 1.165) is 55.4 Å². The second-order valence-electron chi connectivity index (χ2n) is 35.7. The fourth-order valence-corrected chi connectivity index (χ4v) is 21.5. The minimum atomic E-state index is -1.83. The number of cyclic esters (lactones) is 2. The number of aromatic hydroxyl groups is 1. The number of carbonyl (C=O) groups is 16. The van der Waals surface area contributed by atoms with Gasteiger partial charge in [-0.1, -0.05) is 134 Å². The number of piperidine rings is 5. The van der Waals surface area contributed by atoms with Crippen LogP contribution < -0.4 is 31.9 Å². The van der Waals surface area contributed by atoms with Crippen molar-refractivity contribution in [3.05, 3.63) is 167 Å². The third-order valence-electron chi connectivity index (χ3n) is 26.9. The van der Waals surface area contributed by atoms with Gasteiger partial charge in [0.15, 0.2) is 17.8 Å². The molecule has 9 aliphatic heterocycles. The summed E-state index contributed by atoms with van der Waals surface area (Å²) in [5.41, 5.74) is 1.14. The van der Waals surface area contributed by atoms with E-state index < -0.39 is 215 Å². The van der Waals surface area contributed by atoms with Crippen molar-refractivity contribution < 1.29 is 91.3 Å². The maximum atomic E-state index is 16.2. The quantitative estimate of drug-likeness (QED) is 0.0444. The van der Waals surface area contributed by atoms with E-state index in [0.29, 0.717) is 35.6 Å². The van der Waals surface area contributed by atoms with E-state index in [1.807, 2.05) is 50.2 Å². The zero-order valence-electron chi connectivity index (χ0n) is 74.9. The fourth-order valence-electron chi connectivity index (χ4n) is 18.8. The summed E-state index contributed by atoms with van der Waals surface area (Å²) in [6.07, 6.45) is -0.629. The molecular formula is C95H118N14O19S2. The van der Waals surface area contributed by atoms with Crippen LogP contribution in [0.5, 0.6) is 5.75 Å². The Bertz CT molecular complexity index is 5070. The predicted octanol–water partition coefficient (Wildman–Crippen LogP) is 4.42. The number of hydrogen-bond acceptors (Lipinski definition) is 23. The maximum Gasteiger partial charge on any atom is 0.333 e. The zero-order chi connectivity index (χ0) is 93.1. The highest BCUT2D eigenvalue weighted by Crippen LogP contribution is 2.39. The number of Topliss-reactive ketones (excluding diaryl/α,β-unsaturated/α-hetero) is 2. The number of likely N-dealkylation sites (N-methyl/N-ethyl adjacent to an activating group) is 2. The van der Waals surface area contributed by atoms with Gasteiger partial charge < -0.3 is 80.8 Å². The Balaban J connectivity index is 0.778. The van der Waals surface area contributed by atoms with Crippen LogP contribution in [0.1, 0.15) is 161 Å². The lowest BCUT2D eigenvalue weighted by atomic mass is 9.88. The number of rotatable bonds is 19. The maximum absolute atomic E-state index is 16.2. The van der Waals surface area contributed by atoms with Crippen LogP contribution in [0.4, 0.5) is 0 Å². The number of aromatic nitrogens is 1. The molecule has 12 amide bonds. The molecule has 9 fully saturated rings. The van der Waals surface area contributed by atoms with Crippen LogP contribution in [0.15, 0.2) is 128 Å². The summed E-state index contributed by atoms with van der Waals surface area (Å²) < 4.78 is 12.3. The Labute approximate surface area is 764 Å². The van der Waals surface area contributed by atoms with Crippen molar-refractivity contribution in [2.24, 2.45) is 17.8 Å². The smallest absolute Gasteiger partial charge is 0.333 e. The molecule has 10 heterocycles. The van der Waals surface area contributed by atoms with Gasteiger partial charge in [-0.2, -0.15) is 23.5 Å². The molecule has 9 aliphatic rings. The molecule has 4 unspecified atom stereocenters. The highest BCUT2D eigenvalue weighted by Gasteiger charge is 2.53. The Kier molecular flexibility index (Phi) is 31.4. The first-order valence-electron chi connectivity index (χ1n) is 45.1. The molecule has 35 heteroatoms. The minimum absolute atomic E-state index is 0.0197. The van der Waals surface area contributed by atoms with Crippen LogP contribution in [0, 0.1) is 31.6 Å². The molecule has 0 aliphatic carbocycles. The molecule has 33 nitrogen and oxygen atoms in total. The summed E-state index contributed by atoms with van der Waals surface area (Å²) in [7, 11) is 2.90. The van der Waals surface area contributed by atoms with E-state index in [1.165, 1.54) is 94.7 Å². The van der Waals surface area contributed by atoms with Crippen molar-refractivity contribution in [2.75, 3.05) is 77.2 Å². The molecule has 0 spiro atoms. The van der Waals surface area contributed by atoms with Crippen molar-refractivity contribution in [1.82, 2.24) is 71.2 Å². The molecule has 9 saturated heterocycles. The van der Waals surface area contributed by atoms with E-state index in [-0.39, 0.29) is 98.2 Å². The van der Waals surface area contributed by atoms with Gasteiger partial charge in [0, 0.05) is 119 Å². The van der Waals surface area contributed by atoms with Gasteiger partial charge >= 0.3 is 11.9 Å². The van der Waals surface area contributed by atoms with Crippen LogP contribution >= 0.6 is 23.5 Å². The third kappa shape index (κ3) is 22.0. The summed E-state index contributed by atoms with van der Waals surface area (Å²) >= 11 is 2.80. The summed E-state index contributed by atoms with van der Waals surface area (Å²) in [5, 5.41) is 27.3. The van der Waals surface area contributed by atoms with Crippen molar-refractivity contribution >= 4 is 118 Å². The summed E-state index contributed by atoms with van der Waals surface area (Å²) in [4.78, 5) is 258. The van der Waals surface area contributed by atoms with Crippen LogP contribution in [-0.4, -0.2) is 293 Å². The number of nitrogens with zero attached hydrogens (tertiary/aromatic N) is 8. The number of thioether (sulfide) groups is 2. The number of pyridine rings is 1. The molecule has 17 atom stereocenters. The van der Waals surface area contributed by atoms with E-state index in [1.54, 1.807) is 86.3 Å². The van der Waals surface area contributed by atoms with Gasteiger partial charge in [-0.25, -0.2) is 14.6 Å². The Hall–Kier alpha value is -11.6. The first kappa shape index (κ1) is 96.0. The average Bonchev–Trinajstić information content (AvgIpc) is 0.980. The number of nitrogens with one attached hydrogen (secondary N) is 6. The molecule has 1 aromatic heterocycles. The average molecular weight is 1820 g/mol. The van der Waals surface area contributed by atoms with Gasteiger partial charge in [0.2, 0.25) is 65.0 Å². The number of hydrogen-bond donors (Lipinski definition) is 7. The third-order valence-corrected chi connectivity index (χ3v) is 29.6. The van der Waals surface area contributed by atoms with Gasteiger partial charge in [0.05, 0.1) is 0 Å². The lowest BCUT2D eigenvalue weighted by Gasteiger charge is -2.45. The molecule has 0 saturated carbocycles. The monoisotopic (exact) mass is 1820 g/mol. The molecule has 7 N–H and O–H groups in total. The number of carbonyl (C=O) groups excluding carboxylic acids is 16. The van der Waals surface area contributed by atoms with Gasteiger partial charge in [0.1, 0.15) is 89.4 Å². The van der Waals surface area contributed by atoms with Crippen LogP contribution in [0.3, 0.4) is 0 Å². The molecule has 14 rings (SSSR count). The van der Waals surface area contributed by atoms with Crippen molar-refractivity contribution in [2.45, 2.75) is 221 Å². The first-order valence-corrected chi connectivity index (χ1v) is 47.3. The SMILES string of the molecule is CCC1NC(=O)[C@@H](NC(=O)CCSCC2CN3C(=O)[C@H](Cc4ccc(C)cc4)N(C)C(=O)[C@@H]4CCCN4C(=O)C(C)(CC)NC(=O)[C@@H](NC(=O)c4ncccc4O)[C@@H](C)OC(=O)[C@H](c4ccccc4)NC(=O)[C@@H]3CC2=O)[C@@H](C)OC(=O)[C@H](c2ccccc2)NC(=O)[C@@H]2CC(=O)[C@H](CSC3CN4CCC3CC4)CN2C(=O)[C@H](Cc2ccc(C)cc2)N(C)C(=O)[C@@H]2CCCN2C1=O. The minimum Gasteiger partial charge on any atom is -0.505 e. The van der Waals surface area contributed by atoms with Crippen LogP contribution in [0.2, 0.25) is 0 Å².